The zero-order valence-corrected chi connectivity index (χ0v) is 17.6. The average molecular weight is 432 g/mol. The molecule has 2 aliphatic rings. The van der Waals surface area contributed by atoms with E-state index in [9.17, 15) is 4.79 Å². The molecule has 2 aromatic carbocycles. The van der Waals surface area contributed by atoms with E-state index in [0.717, 1.165) is 23.9 Å². The third-order valence-corrected chi connectivity index (χ3v) is 6.18. The summed E-state index contributed by atoms with van der Waals surface area (Å²) in [5.74, 6) is -1.73. The van der Waals surface area contributed by atoms with Crippen LogP contribution in [0, 0.1) is 23.5 Å². The van der Waals surface area contributed by atoms with Crippen LogP contribution in [0.15, 0.2) is 66.6 Å². The molecule has 162 valence electrons. The van der Waals surface area contributed by atoms with Crippen LogP contribution in [0.25, 0.3) is 11.0 Å². The second-order valence-electron chi connectivity index (χ2n) is 8.17. The molecule has 1 aliphatic heterocycles. The average Bonchev–Trinajstić information content (AvgIpc) is 3.48. The Labute approximate surface area is 184 Å². The minimum atomic E-state index is -0.691. The fourth-order valence-corrected chi connectivity index (χ4v) is 4.51. The zero-order chi connectivity index (χ0) is 22.4. The molecule has 2 atom stereocenters. The van der Waals surface area contributed by atoms with Crippen molar-refractivity contribution in [3.63, 3.8) is 0 Å². The van der Waals surface area contributed by atoms with Crippen LogP contribution in [0.4, 0.5) is 14.5 Å². The lowest BCUT2D eigenvalue weighted by Gasteiger charge is -2.48. The molecule has 1 N–H and O–H groups in total. The van der Waals surface area contributed by atoms with E-state index in [0.29, 0.717) is 17.0 Å². The van der Waals surface area contributed by atoms with E-state index in [4.69, 9.17) is 0 Å². The summed E-state index contributed by atoms with van der Waals surface area (Å²) >= 11 is 0. The van der Waals surface area contributed by atoms with Gasteiger partial charge in [0.05, 0.1) is 35.0 Å². The van der Waals surface area contributed by atoms with Crippen molar-refractivity contribution in [2.75, 3.05) is 4.90 Å². The molecule has 0 unspecified atom stereocenters. The van der Waals surface area contributed by atoms with E-state index in [1.54, 1.807) is 43.7 Å². The van der Waals surface area contributed by atoms with Gasteiger partial charge < -0.3 is 9.88 Å². The number of aliphatic imine (C=N–C) groups is 1. The quantitative estimate of drug-likeness (QED) is 0.415. The first-order chi connectivity index (χ1) is 15.5. The highest BCUT2D eigenvalue weighted by molar-refractivity contribution is 6.09. The lowest BCUT2D eigenvalue weighted by Crippen LogP contribution is -2.56. The zero-order valence-electron chi connectivity index (χ0n) is 17.6. The van der Waals surface area contributed by atoms with E-state index < -0.39 is 23.6 Å². The number of rotatable bonds is 6. The van der Waals surface area contributed by atoms with Crippen LogP contribution in [-0.2, 0) is 4.79 Å². The van der Waals surface area contributed by atoms with Gasteiger partial charge in [0.2, 0.25) is 5.91 Å². The van der Waals surface area contributed by atoms with Crippen molar-refractivity contribution in [2.24, 2.45) is 16.8 Å². The number of imidazole rings is 1. The number of aromatic amines is 1. The molecular formula is C25H22F2N4O. The number of H-pyrrole nitrogens is 1. The van der Waals surface area contributed by atoms with Crippen LogP contribution < -0.4 is 4.90 Å². The van der Waals surface area contributed by atoms with Gasteiger partial charge in [0.1, 0.15) is 11.6 Å². The summed E-state index contributed by atoms with van der Waals surface area (Å²) in [4.78, 5) is 26.0. The standard InChI is InChI=1S/C25H22F2N4O/c1-3-9-28-19(4-2)15-10-17(26)23(18(27)11-15)24-22(14-5-6-14)25(32)31(24)16-7-8-20-21(12-16)30-13-29-20/h3-4,7-14,22,24H,2,5-6H2,1H3,(H,29,30)/b9-3-,28-19?/t22-,24-/m1/s1. The number of hydrogen-bond acceptors (Lipinski definition) is 3. The molecular weight excluding hydrogens is 410 g/mol. The monoisotopic (exact) mass is 432 g/mol. The van der Waals surface area contributed by atoms with Crippen molar-refractivity contribution in [3.8, 4) is 0 Å². The third kappa shape index (κ3) is 3.25. The fourth-order valence-electron chi connectivity index (χ4n) is 4.51. The highest BCUT2D eigenvalue weighted by Crippen LogP contribution is 2.54. The molecule has 3 aromatic rings. The van der Waals surface area contributed by atoms with E-state index in [1.165, 1.54) is 23.1 Å². The Bertz CT molecular complexity index is 1270. The Morgan fingerprint density at radius 2 is 2.00 bits per heavy atom. The van der Waals surface area contributed by atoms with Gasteiger partial charge in [-0.25, -0.2) is 13.8 Å². The number of fused-ring (bicyclic) bond motifs is 1. The molecule has 1 saturated heterocycles. The van der Waals surface area contributed by atoms with Gasteiger partial charge in [-0.2, -0.15) is 0 Å². The first-order valence-corrected chi connectivity index (χ1v) is 10.6. The molecule has 32 heavy (non-hydrogen) atoms. The minimum absolute atomic E-state index is 0.0793. The molecule has 0 radical (unpaired) electrons. The van der Waals surface area contributed by atoms with Gasteiger partial charge in [0.25, 0.3) is 0 Å². The number of carbonyl (C=O) groups excluding carboxylic acids is 1. The van der Waals surface area contributed by atoms with Gasteiger partial charge in [0, 0.05) is 23.0 Å². The normalized spacial score (nSPS) is 21.4. The number of aromatic nitrogens is 2. The van der Waals surface area contributed by atoms with E-state index >= 15 is 8.78 Å². The summed E-state index contributed by atoms with van der Waals surface area (Å²) in [5, 5.41) is 0. The predicted octanol–water partition coefficient (Wildman–Crippen LogP) is 5.46. The molecule has 5 nitrogen and oxygen atoms in total. The first kappa shape index (κ1) is 20.3. The number of carbonyl (C=O) groups is 1. The minimum Gasteiger partial charge on any atom is -0.345 e. The smallest absolute Gasteiger partial charge is 0.233 e. The first-order valence-electron chi connectivity index (χ1n) is 10.6. The number of nitrogens with zero attached hydrogens (tertiary/aromatic N) is 3. The van der Waals surface area contributed by atoms with Crippen molar-refractivity contribution in [3.05, 3.63) is 84.4 Å². The molecule has 2 heterocycles. The van der Waals surface area contributed by atoms with Gasteiger partial charge in [0.15, 0.2) is 0 Å². The molecule has 0 bridgehead atoms. The van der Waals surface area contributed by atoms with Crippen molar-refractivity contribution in [1.29, 1.82) is 0 Å². The van der Waals surface area contributed by atoms with E-state index in [2.05, 4.69) is 21.5 Å². The van der Waals surface area contributed by atoms with Crippen molar-refractivity contribution >= 4 is 28.3 Å². The number of anilines is 1. The number of benzene rings is 2. The maximum absolute atomic E-state index is 15.4. The Hall–Kier alpha value is -3.61. The second kappa shape index (κ2) is 7.82. The maximum atomic E-state index is 15.4. The summed E-state index contributed by atoms with van der Waals surface area (Å²) in [6.45, 7) is 5.49. The van der Waals surface area contributed by atoms with Crippen molar-refractivity contribution in [2.45, 2.75) is 25.8 Å². The largest absolute Gasteiger partial charge is 0.345 e. The van der Waals surface area contributed by atoms with Gasteiger partial charge in [-0.1, -0.05) is 12.7 Å². The molecule has 7 heteroatoms. The molecule has 1 aliphatic carbocycles. The molecule has 2 fully saturated rings. The number of nitrogens with one attached hydrogen (secondary N) is 1. The van der Waals surface area contributed by atoms with E-state index in [-0.39, 0.29) is 17.4 Å². The predicted molar refractivity (Wildman–Crippen MR) is 120 cm³/mol. The van der Waals surface area contributed by atoms with Crippen LogP contribution >= 0.6 is 0 Å². The van der Waals surface area contributed by atoms with Crippen LogP contribution in [0.5, 0.6) is 0 Å². The molecule has 1 saturated carbocycles. The lowest BCUT2D eigenvalue weighted by molar-refractivity contribution is -0.131. The number of halogens is 2. The van der Waals surface area contributed by atoms with Crippen molar-refractivity contribution < 1.29 is 13.6 Å². The highest BCUT2D eigenvalue weighted by Gasteiger charge is 2.56. The Morgan fingerprint density at radius 3 is 2.66 bits per heavy atom. The van der Waals surface area contributed by atoms with Gasteiger partial charge in [-0.05, 0) is 62.1 Å². The van der Waals surface area contributed by atoms with Crippen molar-refractivity contribution in [1.82, 2.24) is 9.97 Å². The van der Waals surface area contributed by atoms with Gasteiger partial charge >= 0.3 is 0 Å². The SMILES string of the molecule is C=CC(=N/C=C\C)c1cc(F)c([C@H]2[C@@H](C3CC3)C(=O)N2c2ccc3nc[nH]c3c2)c(F)c1. The Balaban J connectivity index is 1.58. The van der Waals surface area contributed by atoms with Crippen LogP contribution in [0.2, 0.25) is 0 Å². The summed E-state index contributed by atoms with van der Waals surface area (Å²) in [7, 11) is 0. The summed E-state index contributed by atoms with van der Waals surface area (Å²) < 4.78 is 30.8. The molecule has 5 rings (SSSR count). The molecule has 1 aromatic heterocycles. The Morgan fingerprint density at radius 1 is 1.25 bits per heavy atom. The summed E-state index contributed by atoms with van der Waals surface area (Å²) in [6, 6.07) is 7.20. The van der Waals surface area contributed by atoms with E-state index in [1.807, 2.05) is 0 Å². The number of hydrogen-bond donors (Lipinski definition) is 1. The number of β-lactam (4-membered cyclic amide) rings is 1. The fraction of sp³-hybridized carbons (Fsp3) is 0.240. The third-order valence-electron chi connectivity index (χ3n) is 6.18. The molecule has 0 spiro atoms. The number of amides is 1. The lowest BCUT2D eigenvalue weighted by atomic mass is 9.78. The number of allylic oxidation sites excluding steroid dienone is 2. The summed E-state index contributed by atoms with van der Waals surface area (Å²) in [6.07, 6.45) is 8.10. The summed E-state index contributed by atoms with van der Waals surface area (Å²) in [5.41, 5.74) is 2.71. The van der Waals surface area contributed by atoms with Crippen LogP contribution in [-0.4, -0.2) is 21.6 Å². The van der Waals surface area contributed by atoms with Crippen LogP contribution in [0.1, 0.15) is 36.9 Å². The maximum Gasteiger partial charge on any atom is 0.233 e. The van der Waals surface area contributed by atoms with Gasteiger partial charge in [-0.15, -0.1) is 0 Å². The highest BCUT2D eigenvalue weighted by atomic mass is 19.1. The van der Waals surface area contributed by atoms with Gasteiger partial charge in [-0.3, -0.25) is 9.79 Å². The second-order valence-corrected chi connectivity index (χ2v) is 8.17. The van der Waals surface area contributed by atoms with Crippen LogP contribution in [0.3, 0.4) is 0 Å². The topological polar surface area (TPSA) is 61.4 Å². The Kier molecular flexibility index (Phi) is 4.96. The molecule has 1 amide bonds.